The highest BCUT2D eigenvalue weighted by Crippen LogP contribution is 2.35. The number of hydrogen-bond donors (Lipinski definition) is 2. The Morgan fingerprint density at radius 3 is 2.79 bits per heavy atom. The van der Waals surface area contributed by atoms with E-state index in [1.165, 1.54) is 11.1 Å². The lowest BCUT2D eigenvalue weighted by Crippen LogP contribution is -2.53. The van der Waals surface area contributed by atoms with Gasteiger partial charge in [0.2, 0.25) is 5.91 Å². The molecule has 0 aromatic heterocycles. The van der Waals surface area contributed by atoms with Gasteiger partial charge in [0.25, 0.3) is 0 Å². The van der Waals surface area contributed by atoms with Gasteiger partial charge in [-0.1, -0.05) is 18.9 Å². The van der Waals surface area contributed by atoms with E-state index in [1.807, 2.05) is 13.0 Å². The molecule has 2 aliphatic carbocycles. The van der Waals surface area contributed by atoms with Crippen molar-refractivity contribution in [3.8, 4) is 5.75 Å². The molecule has 3 N–H and O–H groups in total. The summed E-state index contributed by atoms with van der Waals surface area (Å²) >= 11 is 0. The summed E-state index contributed by atoms with van der Waals surface area (Å²) in [6.07, 6.45) is 7.21. The fraction of sp³-hybridized carbons (Fsp3) is 0.632. The lowest BCUT2D eigenvalue weighted by atomic mass is 9.74. The van der Waals surface area contributed by atoms with E-state index in [1.54, 1.807) is 7.11 Å². The van der Waals surface area contributed by atoms with E-state index in [2.05, 4.69) is 17.4 Å². The molecular formula is C19H29ClN2O2. The number of aryl methyl sites for hydroxylation is 1. The third-order valence-electron chi connectivity index (χ3n) is 5.55. The number of ether oxygens (including phenoxy) is 1. The normalized spacial score (nSPS) is 29.1. The Bertz CT molecular complexity index is 589. The lowest BCUT2D eigenvalue weighted by Gasteiger charge is -2.38. The molecule has 0 heterocycles. The van der Waals surface area contributed by atoms with Gasteiger partial charge in [0.05, 0.1) is 19.1 Å². The van der Waals surface area contributed by atoms with Crippen LogP contribution in [-0.4, -0.2) is 18.6 Å². The van der Waals surface area contributed by atoms with Crippen LogP contribution in [-0.2, 0) is 11.2 Å². The zero-order chi connectivity index (χ0) is 16.4. The second kappa shape index (κ2) is 7.75. The second-order valence-electron chi connectivity index (χ2n) is 7.32. The molecule has 2 aliphatic rings. The van der Waals surface area contributed by atoms with Gasteiger partial charge < -0.3 is 15.8 Å². The summed E-state index contributed by atoms with van der Waals surface area (Å²) in [6, 6.07) is 6.29. The molecule has 0 spiro atoms. The molecule has 5 heteroatoms. The zero-order valence-corrected chi connectivity index (χ0v) is 15.5. The monoisotopic (exact) mass is 352 g/mol. The predicted octanol–water partition coefficient (Wildman–Crippen LogP) is 3.52. The molecule has 3 unspecified atom stereocenters. The van der Waals surface area contributed by atoms with Crippen LogP contribution in [0.25, 0.3) is 0 Å². The van der Waals surface area contributed by atoms with E-state index in [0.29, 0.717) is 0 Å². The summed E-state index contributed by atoms with van der Waals surface area (Å²) in [7, 11) is 1.69. The minimum atomic E-state index is -0.375. The smallest absolute Gasteiger partial charge is 0.225 e. The summed E-state index contributed by atoms with van der Waals surface area (Å²) in [5, 5.41) is 3.28. The standard InChI is InChI=1S/C19H28N2O2.ClH/c1-19(20)11-4-3-7-16(19)18(22)21-17-8-5-6-13-12-14(23-2)9-10-15(13)17;/h9-10,12,16-17H,3-8,11,20H2,1-2H3,(H,21,22);1H. The number of amides is 1. The van der Waals surface area contributed by atoms with Crippen molar-refractivity contribution in [2.45, 2.75) is 63.5 Å². The Kier molecular flexibility index (Phi) is 6.16. The number of carbonyl (C=O) groups excluding carboxylic acids is 1. The highest BCUT2D eigenvalue weighted by molar-refractivity contribution is 5.85. The minimum Gasteiger partial charge on any atom is -0.497 e. The molecule has 1 saturated carbocycles. The van der Waals surface area contributed by atoms with E-state index >= 15 is 0 Å². The van der Waals surface area contributed by atoms with Gasteiger partial charge >= 0.3 is 0 Å². The number of benzene rings is 1. The van der Waals surface area contributed by atoms with Crippen molar-refractivity contribution in [1.29, 1.82) is 0 Å². The minimum absolute atomic E-state index is 0. The van der Waals surface area contributed by atoms with Gasteiger partial charge in [0.1, 0.15) is 5.75 Å². The van der Waals surface area contributed by atoms with Crippen LogP contribution in [0, 0.1) is 5.92 Å². The van der Waals surface area contributed by atoms with Crippen molar-refractivity contribution in [1.82, 2.24) is 5.32 Å². The predicted molar refractivity (Wildman–Crippen MR) is 98.6 cm³/mol. The van der Waals surface area contributed by atoms with Crippen molar-refractivity contribution < 1.29 is 9.53 Å². The Balaban J connectivity index is 0.00000208. The third-order valence-corrected chi connectivity index (χ3v) is 5.55. The SMILES string of the molecule is COc1ccc2c(c1)CCCC2NC(=O)C1CCCCC1(C)N.Cl. The number of methoxy groups -OCH3 is 1. The van der Waals surface area contributed by atoms with E-state index in [9.17, 15) is 4.79 Å². The number of fused-ring (bicyclic) bond motifs is 1. The average Bonchev–Trinajstić information content (AvgIpc) is 2.54. The average molecular weight is 353 g/mol. The maximum Gasteiger partial charge on any atom is 0.225 e. The molecule has 1 aromatic rings. The van der Waals surface area contributed by atoms with Gasteiger partial charge in [0, 0.05) is 5.54 Å². The van der Waals surface area contributed by atoms with Crippen LogP contribution < -0.4 is 15.8 Å². The van der Waals surface area contributed by atoms with Crippen LogP contribution in [0.4, 0.5) is 0 Å². The Hall–Kier alpha value is -1.26. The highest BCUT2D eigenvalue weighted by atomic mass is 35.5. The third kappa shape index (κ3) is 3.86. The Labute approximate surface area is 150 Å². The van der Waals surface area contributed by atoms with Gasteiger partial charge in [-0.2, -0.15) is 0 Å². The van der Waals surface area contributed by atoms with Crippen molar-refractivity contribution in [3.63, 3.8) is 0 Å². The first-order valence-electron chi connectivity index (χ1n) is 8.77. The van der Waals surface area contributed by atoms with Crippen LogP contribution >= 0.6 is 12.4 Å². The van der Waals surface area contributed by atoms with Crippen molar-refractivity contribution in [3.05, 3.63) is 29.3 Å². The molecule has 24 heavy (non-hydrogen) atoms. The van der Waals surface area contributed by atoms with Gasteiger partial charge in [0.15, 0.2) is 0 Å². The second-order valence-corrected chi connectivity index (χ2v) is 7.32. The van der Waals surface area contributed by atoms with Crippen LogP contribution in [0.1, 0.15) is 62.6 Å². The van der Waals surface area contributed by atoms with Crippen LogP contribution in [0.2, 0.25) is 0 Å². The number of rotatable bonds is 3. The summed E-state index contributed by atoms with van der Waals surface area (Å²) < 4.78 is 5.32. The van der Waals surface area contributed by atoms with Crippen LogP contribution in [0.15, 0.2) is 18.2 Å². The topological polar surface area (TPSA) is 64.3 Å². The van der Waals surface area contributed by atoms with E-state index < -0.39 is 0 Å². The van der Waals surface area contributed by atoms with Gasteiger partial charge in [-0.3, -0.25) is 4.79 Å². The molecule has 134 valence electrons. The molecule has 0 radical (unpaired) electrons. The van der Waals surface area contributed by atoms with E-state index in [4.69, 9.17) is 10.5 Å². The van der Waals surface area contributed by atoms with Crippen molar-refractivity contribution in [2.24, 2.45) is 11.7 Å². The van der Waals surface area contributed by atoms with Crippen LogP contribution in [0.3, 0.4) is 0 Å². The molecule has 1 amide bonds. The maximum atomic E-state index is 12.8. The fourth-order valence-electron chi connectivity index (χ4n) is 4.13. The fourth-order valence-corrected chi connectivity index (χ4v) is 4.13. The number of nitrogens with two attached hydrogens (primary N) is 1. The lowest BCUT2D eigenvalue weighted by molar-refractivity contribution is -0.129. The Morgan fingerprint density at radius 1 is 1.29 bits per heavy atom. The van der Waals surface area contributed by atoms with Gasteiger partial charge in [-0.15, -0.1) is 12.4 Å². The van der Waals surface area contributed by atoms with E-state index in [-0.39, 0.29) is 35.8 Å². The largest absolute Gasteiger partial charge is 0.497 e. The molecule has 3 atom stereocenters. The number of nitrogens with one attached hydrogen (secondary N) is 1. The quantitative estimate of drug-likeness (QED) is 0.874. The molecule has 0 saturated heterocycles. The molecule has 0 aliphatic heterocycles. The maximum absolute atomic E-state index is 12.8. The highest BCUT2D eigenvalue weighted by Gasteiger charge is 2.38. The zero-order valence-electron chi connectivity index (χ0n) is 14.6. The molecule has 1 aromatic carbocycles. The van der Waals surface area contributed by atoms with Crippen molar-refractivity contribution >= 4 is 18.3 Å². The summed E-state index contributed by atoms with van der Waals surface area (Å²) in [5.41, 5.74) is 8.54. The summed E-state index contributed by atoms with van der Waals surface area (Å²) in [5.74, 6) is 0.945. The Morgan fingerprint density at radius 2 is 2.08 bits per heavy atom. The van der Waals surface area contributed by atoms with E-state index in [0.717, 1.165) is 50.7 Å². The molecule has 4 nitrogen and oxygen atoms in total. The molecule has 1 fully saturated rings. The first-order chi connectivity index (χ1) is 11.0. The number of carbonyl (C=O) groups is 1. The first kappa shape index (κ1) is 19.1. The van der Waals surface area contributed by atoms with Crippen molar-refractivity contribution in [2.75, 3.05) is 7.11 Å². The molecular weight excluding hydrogens is 324 g/mol. The summed E-state index contributed by atoms with van der Waals surface area (Å²) in [4.78, 5) is 12.8. The first-order valence-corrected chi connectivity index (χ1v) is 8.77. The summed E-state index contributed by atoms with van der Waals surface area (Å²) in [6.45, 7) is 2.02. The van der Waals surface area contributed by atoms with Gasteiger partial charge in [-0.25, -0.2) is 0 Å². The number of hydrogen-bond acceptors (Lipinski definition) is 3. The van der Waals surface area contributed by atoms with Crippen LogP contribution in [0.5, 0.6) is 5.75 Å². The molecule has 3 rings (SSSR count). The number of halogens is 1. The molecule has 0 bridgehead atoms. The van der Waals surface area contributed by atoms with Gasteiger partial charge in [-0.05, 0) is 62.3 Å².